The van der Waals surface area contributed by atoms with Crippen LogP contribution in [0.3, 0.4) is 0 Å². The van der Waals surface area contributed by atoms with Crippen LogP contribution >= 0.6 is 0 Å². The quantitative estimate of drug-likeness (QED) is 0.837. The van der Waals surface area contributed by atoms with E-state index in [1.807, 2.05) is 0 Å². The summed E-state index contributed by atoms with van der Waals surface area (Å²) < 4.78 is 14.3. The number of halogens is 1. The van der Waals surface area contributed by atoms with Crippen LogP contribution in [0.5, 0.6) is 0 Å². The van der Waals surface area contributed by atoms with Gasteiger partial charge in [0.15, 0.2) is 0 Å². The number of piperidine rings is 1. The smallest absolute Gasteiger partial charge is 0.314 e. The zero-order valence-corrected chi connectivity index (χ0v) is 16.3. The fraction of sp³-hybridized carbons (Fsp3) is 0.682. The molecular formula is C22H32FNO2. The molecule has 0 spiro atoms. The summed E-state index contributed by atoms with van der Waals surface area (Å²) in [7, 11) is 0. The van der Waals surface area contributed by atoms with Crippen LogP contribution in [0.1, 0.15) is 64.9 Å². The molecule has 1 aromatic rings. The van der Waals surface area contributed by atoms with Crippen molar-refractivity contribution in [3.8, 4) is 0 Å². The zero-order valence-electron chi connectivity index (χ0n) is 16.3. The minimum Gasteiger partial charge on any atom is -0.481 e. The van der Waals surface area contributed by atoms with Crippen molar-refractivity contribution in [1.82, 2.24) is 4.90 Å². The maximum Gasteiger partial charge on any atom is 0.314 e. The first-order valence-electron chi connectivity index (χ1n) is 9.96. The minimum absolute atomic E-state index is 0.351. The van der Waals surface area contributed by atoms with Crippen molar-refractivity contribution in [2.24, 2.45) is 11.3 Å². The van der Waals surface area contributed by atoms with E-state index in [1.54, 1.807) is 18.2 Å². The maximum atomic E-state index is 14.3. The lowest BCUT2D eigenvalue weighted by Crippen LogP contribution is -2.51. The van der Waals surface area contributed by atoms with E-state index in [-0.39, 0.29) is 0 Å². The molecule has 1 N–H and O–H groups in total. The molecule has 0 unspecified atom stereocenters. The van der Waals surface area contributed by atoms with Crippen LogP contribution in [0.25, 0.3) is 0 Å². The Balaban J connectivity index is 1.66. The predicted octanol–water partition coefficient (Wildman–Crippen LogP) is 4.85. The van der Waals surface area contributed by atoms with E-state index in [2.05, 4.69) is 25.7 Å². The van der Waals surface area contributed by atoms with Gasteiger partial charge in [-0.15, -0.1) is 0 Å². The number of nitrogens with zero attached hydrogens (tertiary/aromatic N) is 1. The molecule has 1 saturated heterocycles. The largest absolute Gasteiger partial charge is 0.481 e. The average molecular weight is 362 g/mol. The summed E-state index contributed by atoms with van der Waals surface area (Å²) in [6, 6.07) is 6.94. The summed E-state index contributed by atoms with van der Waals surface area (Å²) in [4.78, 5) is 14.5. The molecule has 0 aromatic heterocycles. The first-order chi connectivity index (χ1) is 12.2. The monoisotopic (exact) mass is 361 g/mol. The Morgan fingerprint density at radius 3 is 2.19 bits per heavy atom. The Kier molecular flexibility index (Phi) is 5.43. The van der Waals surface area contributed by atoms with Gasteiger partial charge in [-0.3, -0.25) is 4.79 Å². The van der Waals surface area contributed by atoms with Gasteiger partial charge in [0.2, 0.25) is 0 Å². The van der Waals surface area contributed by atoms with E-state index < -0.39 is 17.2 Å². The molecule has 144 valence electrons. The van der Waals surface area contributed by atoms with Gasteiger partial charge in [-0.05, 0) is 69.0 Å². The van der Waals surface area contributed by atoms with Crippen LogP contribution in [0.2, 0.25) is 0 Å². The molecule has 1 aliphatic heterocycles. The van der Waals surface area contributed by atoms with Crippen LogP contribution in [0.15, 0.2) is 24.3 Å². The number of aliphatic carboxylic acids is 1. The van der Waals surface area contributed by atoms with Gasteiger partial charge in [0.1, 0.15) is 5.82 Å². The Bertz CT molecular complexity index is 636. The van der Waals surface area contributed by atoms with E-state index in [4.69, 9.17) is 0 Å². The molecule has 4 heteroatoms. The van der Waals surface area contributed by atoms with Crippen LogP contribution in [0.4, 0.5) is 4.39 Å². The average Bonchev–Trinajstić information content (AvgIpc) is 2.61. The molecule has 2 aliphatic rings. The van der Waals surface area contributed by atoms with Crippen molar-refractivity contribution in [2.75, 3.05) is 13.1 Å². The molecule has 3 nitrogen and oxygen atoms in total. The van der Waals surface area contributed by atoms with Crippen LogP contribution in [-0.4, -0.2) is 35.1 Å². The van der Waals surface area contributed by atoms with Crippen LogP contribution in [-0.2, 0) is 10.2 Å². The first-order valence-corrected chi connectivity index (χ1v) is 9.96. The molecule has 3 rings (SSSR count). The molecule has 1 heterocycles. The molecule has 2 fully saturated rings. The second kappa shape index (κ2) is 7.30. The number of benzene rings is 1. The highest BCUT2D eigenvalue weighted by Crippen LogP contribution is 2.42. The summed E-state index contributed by atoms with van der Waals surface area (Å²) in [5.74, 6) is -0.507. The molecule has 0 amide bonds. The van der Waals surface area contributed by atoms with Gasteiger partial charge in [-0.1, -0.05) is 39.0 Å². The molecular weight excluding hydrogens is 329 g/mol. The van der Waals surface area contributed by atoms with E-state index in [0.29, 0.717) is 29.9 Å². The lowest BCUT2D eigenvalue weighted by molar-refractivity contribution is -0.146. The van der Waals surface area contributed by atoms with Gasteiger partial charge in [0, 0.05) is 11.6 Å². The lowest BCUT2D eigenvalue weighted by atomic mass is 9.69. The standard InChI is InChI=1S/C22H32FNO2/c1-21(2,3)16-8-10-17(11-9-16)24-14-12-22(13-15-24,20(25)26)18-6-4-5-7-19(18)23/h4-7,16-17H,8-15H2,1-3H3,(H,25,26). The van der Waals surface area contributed by atoms with Crippen LogP contribution < -0.4 is 0 Å². The van der Waals surface area contributed by atoms with Gasteiger partial charge in [0.05, 0.1) is 5.41 Å². The van der Waals surface area contributed by atoms with Gasteiger partial charge >= 0.3 is 5.97 Å². The number of hydrogen-bond acceptors (Lipinski definition) is 2. The molecule has 26 heavy (non-hydrogen) atoms. The highest BCUT2D eigenvalue weighted by molar-refractivity contribution is 5.81. The van der Waals surface area contributed by atoms with Crippen molar-refractivity contribution < 1.29 is 14.3 Å². The summed E-state index contributed by atoms with van der Waals surface area (Å²) in [6.45, 7) is 8.47. The number of hydrogen-bond donors (Lipinski definition) is 1. The molecule has 0 radical (unpaired) electrons. The van der Waals surface area contributed by atoms with E-state index in [9.17, 15) is 14.3 Å². The topological polar surface area (TPSA) is 40.5 Å². The van der Waals surface area contributed by atoms with Crippen molar-refractivity contribution >= 4 is 5.97 Å². The molecule has 0 bridgehead atoms. The van der Waals surface area contributed by atoms with Gasteiger partial charge in [-0.25, -0.2) is 4.39 Å². The van der Waals surface area contributed by atoms with Gasteiger partial charge in [0.25, 0.3) is 0 Å². The summed E-state index contributed by atoms with van der Waals surface area (Å²) in [5.41, 5.74) is -0.357. The maximum absolute atomic E-state index is 14.3. The molecule has 1 aliphatic carbocycles. The van der Waals surface area contributed by atoms with Crippen molar-refractivity contribution in [3.63, 3.8) is 0 Å². The summed E-state index contributed by atoms with van der Waals surface area (Å²) in [5, 5.41) is 9.90. The number of rotatable bonds is 3. The third-order valence-electron chi connectivity index (χ3n) is 6.89. The van der Waals surface area contributed by atoms with Crippen molar-refractivity contribution in [2.45, 2.75) is 70.8 Å². The molecule has 1 aromatic carbocycles. The predicted molar refractivity (Wildman–Crippen MR) is 102 cm³/mol. The normalized spacial score (nSPS) is 27.2. The Hall–Kier alpha value is -1.42. The van der Waals surface area contributed by atoms with Crippen LogP contribution in [0, 0.1) is 17.2 Å². The zero-order chi connectivity index (χ0) is 18.9. The summed E-state index contributed by atoms with van der Waals surface area (Å²) in [6.07, 6.45) is 5.87. The number of carbonyl (C=O) groups is 1. The second-order valence-corrected chi connectivity index (χ2v) is 9.27. The minimum atomic E-state index is -1.08. The molecule has 1 saturated carbocycles. The SMILES string of the molecule is CC(C)(C)C1CCC(N2CCC(C(=O)O)(c3ccccc3F)CC2)CC1. The number of likely N-dealkylation sites (tertiary alicyclic amines) is 1. The van der Waals surface area contributed by atoms with Gasteiger partial charge < -0.3 is 10.0 Å². The fourth-order valence-electron chi connectivity index (χ4n) is 5.03. The first kappa shape index (κ1) is 19.3. The van der Waals surface area contributed by atoms with Crippen molar-refractivity contribution in [3.05, 3.63) is 35.6 Å². The second-order valence-electron chi connectivity index (χ2n) is 9.27. The lowest BCUT2D eigenvalue weighted by Gasteiger charge is -2.45. The van der Waals surface area contributed by atoms with Crippen molar-refractivity contribution in [1.29, 1.82) is 0 Å². The van der Waals surface area contributed by atoms with Gasteiger partial charge in [-0.2, -0.15) is 0 Å². The highest BCUT2D eigenvalue weighted by Gasteiger charge is 2.46. The Labute approximate surface area is 156 Å². The number of carboxylic acids is 1. The third-order valence-corrected chi connectivity index (χ3v) is 6.89. The summed E-state index contributed by atoms with van der Waals surface area (Å²) >= 11 is 0. The Morgan fingerprint density at radius 1 is 1.12 bits per heavy atom. The fourth-order valence-corrected chi connectivity index (χ4v) is 5.03. The van der Waals surface area contributed by atoms with E-state index >= 15 is 0 Å². The van der Waals surface area contributed by atoms with E-state index in [0.717, 1.165) is 19.0 Å². The highest BCUT2D eigenvalue weighted by atomic mass is 19.1. The molecule has 0 atom stereocenters. The Morgan fingerprint density at radius 2 is 1.69 bits per heavy atom. The van der Waals surface area contributed by atoms with E-state index in [1.165, 1.54) is 31.7 Å². The number of carboxylic acid groups (broad SMARTS) is 1. The third kappa shape index (κ3) is 3.66.